The van der Waals surface area contributed by atoms with Gasteiger partial charge >= 0.3 is 6.03 Å². The first-order valence-electron chi connectivity index (χ1n) is 6.07. The van der Waals surface area contributed by atoms with Crippen LogP contribution in [0.15, 0.2) is 24.3 Å². The molecule has 0 heterocycles. The summed E-state index contributed by atoms with van der Waals surface area (Å²) in [6, 6.07) is 6.45. The number of anilines is 1. The van der Waals surface area contributed by atoms with Crippen LogP contribution >= 0.6 is 0 Å². The van der Waals surface area contributed by atoms with Gasteiger partial charge in [-0.25, -0.2) is 17.9 Å². The molecule has 0 fully saturated rings. The molecule has 0 saturated heterocycles. The van der Waals surface area contributed by atoms with Gasteiger partial charge in [0, 0.05) is 32.9 Å². The summed E-state index contributed by atoms with van der Waals surface area (Å²) in [5.74, 6) is -0.139. The molecule has 0 radical (unpaired) electrons. The van der Waals surface area contributed by atoms with Gasteiger partial charge in [-0.05, 0) is 17.7 Å². The van der Waals surface area contributed by atoms with Gasteiger partial charge in [0.05, 0.1) is 5.75 Å². The van der Waals surface area contributed by atoms with E-state index in [4.69, 9.17) is 5.73 Å². The molecule has 1 rings (SSSR count). The van der Waals surface area contributed by atoms with Gasteiger partial charge in [-0.1, -0.05) is 12.1 Å². The number of rotatable bonds is 6. The number of carbonyl (C=O) groups excluding carboxylic acids is 1. The molecule has 1 aromatic carbocycles. The number of sulfonamides is 1. The van der Waals surface area contributed by atoms with Crippen LogP contribution in [0.4, 0.5) is 10.5 Å². The molecule has 0 aliphatic carbocycles. The monoisotopic (exact) mass is 300 g/mol. The molecule has 0 bridgehead atoms. The molecule has 0 unspecified atom stereocenters. The molecule has 4 N–H and O–H groups in total. The van der Waals surface area contributed by atoms with Crippen LogP contribution in [0.2, 0.25) is 0 Å². The molecule has 0 aliphatic heterocycles. The Bertz CT molecular complexity index is 558. The van der Waals surface area contributed by atoms with Crippen molar-refractivity contribution in [1.29, 1.82) is 0 Å². The van der Waals surface area contributed by atoms with Gasteiger partial charge in [0.15, 0.2) is 0 Å². The molecule has 8 heteroatoms. The van der Waals surface area contributed by atoms with Crippen molar-refractivity contribution in [3.8, 4) is 0 Å². The number of hydrogen-bond donors (Lipinski definition) is 3. The Labute approximate surface area is 119 Å². The molecule has 0 spiro atoms. The molecular weight excluding hydrogens is 280 g/mol. The van der Waals surface area contributed by atoms with E-state index >= 15 is 0 Å². The molecule has 0 saturated carbocycles. The highest BCUT2D eigenvalue weighted by molar-refractivity contribution is 7.88. The van der Waals surface area contributed by atoms with Gasteiger partial charge < -0.3 is 16.0 Å². The second kappa shape index (κ2) is 7.11. The normalized spacial score (nSPS) is 11.1. The third-order valence-electron chi connectivity index (χ3n) is 2.44. The number of benzene rings is 1. The predicted molar refractivity (Wildman–Crippen MR) is 78.6 cm³/mol. The zero-order valence-electron chi connectivity index (χ0n) is 11.6. The van der Waals surface area contributed by atoms with Gasteiger partial charge in [-0.2, -0.15) is 0 Å². The Balaban J connectivity index is 2.41. The summed E-state index contributed by atoms with van der Waals surface area (Å²) in [7, 11) is -0.219. The zero-order valence-corrected chi connectivity index (χ0v) is 12.4. The van der Waals surface area contributed by atoms with Crippen LogP contribution in [0.5, 0.6) is 0 Å². The van der Waals surface area contributed by atoms with Gasteiger partial charge in [0.25, 0.3) is 0 Å². The fourth-order valence-corrected chi connectivity index (χ4v) is 2.62. The summed E-state index contributed by atoms with van der Waals surface area (Å²) < 4.78 is 26.0. The molecular formula is C12H20N4O3S. The van der Waals surface area contributed by atoms with Crippen LogP contribution in [0.1, 0.15) is 5.56 Å². The maximum absolute atomic E-state index is 11.8. The molecule has 112 valence electrons. The van der Waals surface area contributed by atoms with E-state index in [0.717, 1.165) is 0 Å². The second-order valence-corrected chi connectivity index (χ2v) is 6.33. The molecule has 7 nitrogen and oxygen atoms in total. The molecule has 0 aromatic heterocycles. The Morgan fingerprint density at radius 3 is 2.60 bits per heavy atom. The first kappa shape index (κ1) is 16.3. The smallest absolute Gasteiger partial charge is 0.316 e. The minimum absolute atomic E-state index is 0.139. The van der Waals surface area contributed by atoms with Gasteiger partial charge in [0.1, 0.15) is 0 Å². The number of carbonyl (C=O) groups is 1. The lowest BCUT2D eigenvalue weighted by molar-refractivity contribution is 0.217. The first-order valence-corrected chi connectivity index (χ1v) is 7.72. The zero-order chi connectivity index (χ0) is 15.2. The van der Waals surface area contributed by atoms with Crippen LogP contribution in [-0.4, -0.2) is 46.5 Å². The highest BCUT2D eigenvalue weighted by Crippen LogP contribution is 2.09. The summed E-state index contributed by atoms with van der Waals surface area (Å²) in [5.41, 5.74) is 6.74. The van der Waals surface area contributed by atoms with Crippen LogP contribution in [-0.2, 0) is 15.8 Å². The second-order valence-electron chi connectivity index (χ2n) is 4.52. The van der Waals surface area contributed by atoms with E-state index < -0.39 is 10.0 Å². The third-order valence-corrected chi connectivity index (χ3v) is 3.79. The molecule has 0 aliphatic rings. The number of nitrogen functional groups attached to an aromatic ring is 1. The lowest BCUT2D eigenvalue weighted by Crippen LogP contribution is -2.39. The van der Waals surface area contributed by atoms with Crippen molar-refractivity contribution >= 4 is 21.7 Å². The average molecular weight is 300 g/mol. The van der Waals surface area contributed by atoms with Crippen LogP contribution < -0.4 is 15.8 Å². The molecule has 1 aromatic rings. The summed E-state index contributed by atoms with van der Waals surface area (Å²) in [5, 5.41) is 2.57. The fourth-order valence-electron chi connectivity index (χ4n) is 1.49. The minimum Gasteiger partial charge on any atom is -0.399 e. The topological polar surface area (TPSA) is 105 Å². The number of nitrogens with one attached hydrogen (secondary N) is 2. The standard InChI is InChI=1S/C12H20N4O3S/c1-16(2)12(17)14-6-7-15-20(18,19)9-10-4-3-5-11(13)8-10/h3-5,8,15H,6-7,9,13H2,1-2H3,(H,14,17). The van der Waals surface area contributed by atoms with Crippen molar-refractivity contribution in [2.45, 2.75) is 5.75 Å². The molecule has 20 heavy (non-hydrogen) atoms. The average Bonchev–Trinajstić information content (AvgIpc) is 2.33. The number of hydrogen-bond acceptors (Lipinski definition) is 4. The Hall–Kier alpha value is -1.80. The highest BCUT2D eigenvalue weighted by atomic mass is 32.2. The Kier molecular flexibility index (Phi) is 5.78. The van der Waals surface area contributed by atoms with Crippen LogP contribution in [0.25, 0.3) is 0 Å². The Morgan fingerprint density at radius 2 is 2.00 bits per heavy atom. The highest BCUT2D eigenvalue weighted by Gasteiger charge is 2.11. The largest absolute Gasteiger partial charge is 0.399 e. The van der Waals surface area contributed by atoms with Crippen molar-refractivity contribution in [1.82, 2.24) is 14.9 Å². The van der Waals surface area contributed by atoms with E-state index in [9.17, 15) is 13.2 Å². The van der Waals surface area contributed by atoms with Gasteiger partial charge in [-0.3, -0.25) is 0 Å². The van der Waals surface area contributed by atoms with Crippen molar-refractivity contribution in [2.75, 3.05) is 32.9 Å². The summed E-state index contributed by atoms with van der Waals surface area (Å²) in [4.78, 5) is 12.6. The Morgan fingerprint density at radius 1 is 1.30 bits per heavy atom. The SMILES string of the molecule is CN(C)C(=O)NCCNS(=O)(=O)Cc1cccc(N)c1. The lowest BCUT2D eigenvalue weighted by atomic mass is 10.2. The van der Waals surface area contributed by atoms with Gasteiger partial charge in [-0.15, -0.1) is 0 Å². The van der Waals surface area contributed by atoms with Crippen LogP contribution in [0.3, 0.4) is 0 Å². The number of urea groups is 1. The van der Waals surface area contributed by atoms with Crippen molar-refractivity contribution in [2.24, 2.45) is 0 Å². The lowest BCUT2D eigenvalue weighted by Gasteiger charge is -2.12. The minimum atomic E-state index is -3.44. The predicted octanol–water partition coefficient (Wildman–Crippen LogP) is -0.0406. The molecule has 2 amide bonds. The van der Waals surface area contributed by atoms with E-state index in [0.29, 0.717) is 11.3 Å². The maximum Gasteiger partial charge on any atom is 0.316 e. The molecule has 0 atom stereocenters. The quantitative estimate of drug-likeness (QED) is 0.506. The number of nitrogens with two attached hydrogens (primary N) is 1. The van der Waals surface area contributed by atoms with E-state index in [-0.39, 0.29) is 24.9 Å². The number of nitrogens with zero attached hydrogens (tertiary/aromatic N) is 1. The van der Waals surface area contributed by atoms with Crippen LogP contribution in [0, 0.1) is 0 Å². The summed E-state index contributed by atoms with van der Waals surface area (Å²) in [6.45, 7) is 0.372. The van der Waals surface area contributed by atoms with E-state index in [1.807, 2.05) is 0 Å². The van der Waals surface area contributed by atoms with Crippen molar-refractivity contribution in [3.63, 3.8) is 0 Å². The maximum atomic E-state index is 11.8. The first-order chi connectivity index (χ1) is 9.30. The van der Waals surface area contributed by atoms with E-state index in [1.54, 1.807) is 38.4 Å². The third kappa shape index (κ3) is 5.89. The van der Waals surface area contributed by atoms with Crippen molar-refractivity contribution in [3.05, 3.63) is 29.8 Å². The summed E-state index contributed by atoms with van der Waals surface area (Å²) in [6.07, 6.45) is 0. The van der Waals surface area contributed by atoms with Gasteiger partial charge in [0.2, 0.25) is 10.0 Å². The van der Waals surface area contributed by atoms with E-state index in [2.05, 4.69) is 10.0 Å². The number of amides is 2. The van der Waals surface area contributed by atoms with E-state index in [1.165, 1.54) is 4.90 Å². The summed E-state index contributed by atoms with van der Waals surface area (Å²) >= 11 is 0. The van der Waals surface area contributed by atoms with Crippen molar-refractivity contribution < 1.29 is 13.2 Å². The fraction of sp³-hybridized carbons (Fsp3) is 0.417.